The number of imidazole rings is 1. The van der Waals surface area contributed by atoms with Crippen molar-refractivity contribution < 1.29 is 9.53 Å². The van der Waals surface area contributed by atoms with Crippen molar-refractivity contribution in [1.29, 1.82) is 0 Å². The van der Waals surface area contributed by atoms with Crippen molar-refractivity contribution in [3.8, 4) is 5.75 Å². The number of nitrogens with one attached hydrogen (secondary N) is 1. The van der Waals surface area contributed by atoms with Crippen molar-refractivity contribution in [1.82, 2.24) is 14.9 Å². The summed E-state index contributed by atoms with van der Waals surface area (Å²) in [6, 6.07) is 14.2. The second-order valence-corrected chi connectivity index (χ2v) is 7.53. The number of nitrogens with zero attached hydrogens (tertiary/aromatic N) is 2. The molecule has 3 aromatic rings. The summed E-state index contributed by atoms with van der Waals surface area (Å²) in [4.78, 5) is 17.0. The van der Waals surface area contributed by atoms with Gasteiger partial charge in [-0.25, -0.2) is 4.98 Å². The van der Waals surface area contributed by atoms with Crippen LogP contribution in [0.1, 0.15) is 43.1 Å². The number of amides is 1. The van der Waals surface area contributed by atoms with Gasteiger partial charge in [0, 0.05) is 19.5 Å². The van der Waals surface area contributed by atoms with Gasteiger partial charge in [0.1, 0.15) is 11.6 Å². The molecule has 29 heavy (non-hydrogen) atoms. The second-order valence-electron chi connectivity index (χ2n) is 7.53. The molecule has 0 bridgehead atoms. The quantitative estimate of drug-likeness (QED) is 0.513. The van der Waals surface area contributed by atoms with Crippen LogP contribution in [0.25, 0.3) is 11.0 Å². The number of carbonyl (C=O) groups is 1. The zero-order valence-corrected chi connectivity index (χ0v) is 17.7. The van der Waals surface area contributed by atoms with E-state index < -0.39 is 0 Å². The van der Waals surface area contributed by atoms with Crippen LogP contribution in [-0.2, 0) is 17.8 Å². The fourth-order valence-electron chi connectivity index (χ4n) is 3.46. The van der Waals surface area contributed by atoms with Gasteiger partial charge in [0.2, 0.25) is 0 Å². The smallest absolute Gasteiger partial charge is 0.257 e. The molecule has 0 fully saturated rings. The van der Waals surface area contributed by atoms with E-state index >= 15 is 0 Å². The van der Waals surface area contributed by atoms with Gasteiger partial charge in [0.15, 0.2) is 6.61 Å². The van der Waals surface area contributed by atoms with Gasteiger partial charge >= 0.3 is 0 Å². The van der Waals surface area contributed by atoms with Gasteiger partial charge in [-0.15, -0.1) is 0 Å². The number of rotatable bonds is 10. The minimum Gasteiger partial charge on any atom is -0.483 e. The lowest BCUT2D eigenvalue weighted by atomic mass is 10.1. The average molecular weight is 394 g/mol. The Kier molecular flexibility index (Phi) is 7.28. The summed E-state index contributed by atoms with van der Waals surface area (Å²) in [6.45, 7) is 7.74. The van der Waals surface area contributed by atoms with Crippen LogP contribution < -0.4 is 10.1 Å². The summed E-state index contributed by atoms with van der Waals surface area (Å²) in [5.74, 6) is 1.68. The molecular weight excluding hydrogens is 362 g/mol. The fraction of sp³-hybridized carbons (Fsp3) is 0.417. The first-order valence-electron chi connectivity index (χ1n) is 10.5. The Balaban J connectivity index is 1.55. The van der Waals surface area contributed by atoms with E-state index in [1.54, 1.807) is 0 Å². The van der Waals surface area contributed by atoms with Crippen LogP contribution in [0.5, 0.6) is 5.75 Å². The lowest BCUT2D eigenvalue weighted by Gasteiger charge is -2.11. The average Bonchev–Trinajstić information content (AvgIpc) is 3.06. The molecule has 1 aromatic heterocycles. The molecule has 1 N–H and O–H groups in total. The molecule has 0 aliphatic rings. The van der Waals surface area contributed by atoms with Crippen molar-refractivity contribution in [2.45, 2.75) is 53.0 Å². The van der Waals surface area contributed by atoms with Crippen molar-refractivity contribution in [3.05, 3.63) is 59.4 Å². The molecule has 3 rings (SSSR count). The van der Waals surface area contributed by atoms with Crippen LogP contribution in [0.3, 0.4) is 0 Å². The molecule has 5 heteroatoms. The van der Waals surface area contributed by atoms with Crippen LogP contribution in [-0.4, -0.2) is 28.6 Å². The van der Waals surface area contributed by atoms with Crippen molar-refractivity contribution in [2.75, 3.05) is 13.2 Å². The molecule has 0 aliphatic carbocycles. The second kappa shape index (κ2) is 10.1. The Morgan fingerprint density at radius 2 is 1.97 bits per heavy atom. The Hall–Kier alpha value is -2.82. The highest BCUT2D eigenvalue weighted by atomic mass is 16.5. The highest BCUT2D eigenvalue weighted by molar-refractivity contribution is 5.78. The summed E-state index contributed by atoms with van der Waals surface area (Å²) in [7, 11) is 0. The normalized spacial score (nSPS) is 11.0. The van der Waals surface area contributed by atoms with Gasteiger partial charge in [-0.3, -0.25) is 4.79 Å². The van der Waals surface area contributed by atoms with Gasteiger partial charge in [-0.1, -0.05) is 44.0 Å². The molecular formula is C24H31N3O2. The molecule has 5 nitrogen and oxygen atoms in total. The van der Waals surface area contributed by atoms with Crippen molar-refractivity contribution >= 4 is 16.9 Å². The number of benzene rings is 2. The molecule has 0 saturated heterocycles. The van der Waals surface area contributed by atoms with E-state index in [2.05, 4.69) is 28.9 Å². The number of aryl methyl sites for hydroxylation is 3. The summed E-state index contributed by atoms with van der Waals surface area (Å²) < 4.78 is 7.98. The maximum atomic E-state index is 12.2. The van der Waals surface area contributed by atoms with E-state index in [4.69, 9.17) is 9.72 Å². The monoisotopic (exact) mass is 393 g/mol. The van der Waals surface area contributed by atoms with Crippen LogP contribution in [0.4, 0.5) is 0 Å². The Morgan fingerprint density at radius 3 is 2.79 bits per heavy atom. The first kappa shape index (κ1) is 20.9. The third-order valence-corrected chi connectivity index (χ3v) is 5.09. The predicted molar refractivity (Wildman–Crippen MR) is 117 cm³/mol. The Morgan fingerprint density at radius 1 is 1.14 bits per heavy atom. The van der Waals surface area contributed by atoms with Gasteiger partial charge in [0.05, 0.1) is 11.0 Å². The maximum Gasteiger partial charge on any atom is 0.257 e. The van der Waals surface area contributed by atoms with E-state index in [1.165, 1.54) is 18.4 Å². The SMILES string of the molecule is CCCCCn1c(CCNC(=O)COc2cc(C)ccc2C)nc2ccccc21. The van der Waals surface area contributed by atoms with Crippen molar-refractivity contribution in [2.24, 2.45) is 0 Å². The number of unbranched alkanes of at least 4 members (excludes halogenated alkanes) is 2. The topological polar surface area (TPSA) is 56.2 Å². The largest absolute Gasteiger partial charge is 0.483 e. The molecule has 0 radical (unpaired) electrons. The Bertz CT molecular complexity index is 962. The Labute approximate surface area is 173 Å². The first-order chi connectivity index (χ1) is 14.1. The zero-order valence-electron chi connectivity index (χ0n) is 17.7. The fourth-order valence-corrected chi connectivity index (χ4v) is 3.46. The molecule has 0 atom stereocenters. The highest BCUT2D eigenvalue weighted by Crippen LogP contribution is 2.19. The molecule has 154 valence electrons. The number of hydrogen-bond donors (Lipinski definition) is 1. The standard InChI is InChI=1S/C24H31N3O2/c1-4-5-8-15-27-21-10-7-6-9-20(21)26-23(27)13-14-25-24(28)17-29-22-16-18(2)11-12-19(22)3/h6-7,9-12,16H,4-5,8,13-15,17H2,1-3H3,(H,25,28). The molecule has 1 heterocycles. The third kappa shape index (κ3) is 5.59. The van der Waals surface area contributed by atoms with E-state index in [0.717, 1.165) is 41.2 Å². The summed E-state index contributed by atoms with van der Waals surface area (Å²) in [5.41, 5.74) is 4.34. The van der Waals surface area contributed by atoms with Crippen LogP contribution >= 0.6 is 0 Å². The number of aromatic nitrogens is 2. The zero-order chi connectivity index (χ0) is 20.6. The lowest BCUT2D eigenvalue weighted by molar-refractivity contribution is -0.123. The van der Waals surface area contributed by atoms with Crippen LogP contribution in [0.15, 0.2) is 42.5 Å². The molecule has 2 aromatic carbocycles. The van der Waals surface area contributed by atoms with Gasteiger partial charge < -0.3 is 14.6 Å². The molecule has 0 saturated carbocycles. The predicted octanol–water partition coefficient (Wildman–Crippen LogP) is 4.58. The molecule has 0 unspecified atom stereocenters. The number of para-hydroxylation sites is 2. The highest BCUT2D eigenvalue weighted by Gasteiger charge is 2.11. The summed E-state index contributed by atoms with van der Waals surface area (Å²) in [5, 5.41) is 2.96. The number of ether oxygens (including phenoxy) is 1. The van der Waals surface area contributed by atoms with Crippen LogP contribution in [0.2, 0.25) is 0 Å². The third-order valence-electron chi connectivity index (χ3n) is 5.09. The maximum absolute atomic E-state index is 12.2. The lowest BCUT2D eigenvalue weighted by Crippen LogP contribution is -2.31. The molecule has 1 amide bonds. The van der Waals surface area contributed by atoms with Gasteiger partial charge in [-0.05, 0) is 49.6 Å². The minimum atomic E-state index is -0.112. The molecule has 0 spiro atoms. The van der Waals surface area contributed by atoms with Gasteiger partial charge in [0.25, 0.3) is 5.91 Å². The van der Waals surface area contributed by atoms with E-state index in [0.29, 0.717) is 13.0 Å². The number of fused-ring (bicyclic) bond motifs is 1. The number of carbonyl (C=O) groups excluding carboxylic acids is 1. The summed E-state index contributed by atoms with van der Waals surface area (Å²) >= 11 is 0. The molecule has 0 aliphatic heterocycles. The van der Waals surface area contributed by atoms with Crippen LogP contribution in [0, 0.1) is 13.8 Å². The van der Waals surface area contributed by atoms with Crippen molar-refractivity contribution in [3.63, 3.8) is 0 Å². The first-order valence-corrected chi connectivity index (χ1v) is 10.5. The van der Waals surface area contributed by atoms with E-state index in [-0.39, 0.29) is 12.5 Å². The van der Waals surface area contributed by atoms with E-state index in [1.807, 2.05) is 44.2 Å². The minimum absolute atomic E-state index is 0.0250. The number of hydrogen-bond acceptors (Lipinski definition) is 3. The van der Waals surface area contributed by atoms with Gasteiger partial charge in [-0.2, -0.15) is 0 Å². The summed E-state index contributed by atoms with van der Waals surface area (Å²) in [6.07, 6.45) is 4.24. The van der Waals surface area contributed by atoms with E-state index in [9.17, 15) is 4.79 Å².